The van der Waals surface area contributed by atoms with E-state index in [4.69, 9.17) is 16.7 Å². The van der Waals surface area contributed by atoms with Crippen LogP contribution in [0.5, 0.6) is 0 Å². The average molecular weight is 293 g/mol. The SMILES string of the molecule is O=C(Nc1ccc(C#CCO)cc1F)c1cc(Cl)c[nH]1. The normalized spacial score (nSPS) is 9.75. The molecule has 6 heteroatoms. The van der Waals surface area contributed by atoms with Crippen LogP contribution in [-0.4, -0.2) is 22.6 Å². The summed E-state index contributed by atoms with van der Waals surface area (Å²) in [6, 6.07) is 5.57. The number of nitrogens with one attached hydrogen (secondary N) is 2. The van der Waals surface area contributed by atoms with Gasteiger partial charge < -0.3 is 15.4 Å². The number of carbonyl (C=O) groups is 1. The average Bonchev–Trinajstić information content (AvgIpc) is 2.86. The molecule has 1 aromatic carbocycles. The molecule has 0 spiro atoms. The van der Waals surface area contributed by atoms with Gasteiger partial charge in [-0.1, -0.05) is 23.4 Å². The Balaban J connectivity index is 2.16. The Labute approximate surface area is 119 Å². The molecule has 0 aliphatic heterocycles. The van der Waals surface area contributed by atoms with Crippen molar-refractivity contribution in [3.05, 3.63) is 52.6 Å². The van der Waals surface area contributed by atoms with Crippen LogP contribution in [-0.2, 0) is 0 Å². The third-order valence-electron chi connectivity index (χ3n) is 2.42. The third-order valence-corrected chi connectivity index (χ3v) is 2.64. The van der Waals surface area contributed by atoms with Crippen molar-refractivity contribution >= 4 is 23.2 Å². The Kier molecular flexibility index (Phi) is 4.41. The molecule has 2 aromatic rings. The number of rotatable bonds is 2. The Morgan fingerprint density at radius 1 is 1.45 bits per heavy atom. The monoisotopic (exact) mass is 292 g/mol. The first-order chi connectivity index (χ1) is 9.60. The lowest BCUT2D eigenvalue weighted by atomic mass is 10.2. The molecule has 0 saturated carbocycles. The maximum absolute atomic E-state index is 13.8. The number of benzene rings is 1. The summed E-state index contributed by atoms with van der Waals surface area (Å²) in [5.41, 5.74) is 0.686. The van der Waals surface area contributed by atoms with E-state index in [2.05, 4.69) is 22.1 Å². The molecule has 0 atom stereocenters. The first kappa shape index (κ1) is 14.1. The maximum atomic E-state index is 13.8. The first-order valence-electron chi connectivity index (χ1n) is 5.64. The van der Waals surface area contributed by atoms with Crippen LogP contribution in [0.1, 0.15) is 16.1 Å². The van der Waals surface area contributed by atoms with Crippen LogP contribution in [0.2, 0.25) is 5.02 Å². The minimum atomic E-state index is -0.610. The number of hydrogen-bond acceptors (Lipinski definition) is 2. The number of carbonyl (C=O) groups excluding carboxylic acids is 1. The molecule has 1 heterocycles. The van der Waals surface area contributed by atoms with Gasteiger partial charge in [-0.3, -0.25) is 4.79 Å². The summed E-state index contributed by atoms with van der Waals surface area (Å²) in [5.74, 6) is 3.88. The van der Waals surface area contributed by atoms with Crippen LogP contribution in [0.4, 0.5) is 10.1 Å². The van der Waals surface area contributed by atoms with E-state index in [0.29, 0.717) is 10.6 Å². The Morgan fingerprint density at radius 2 is 2.25 bits per heavy atom. The van der Waals surface area contributed by atoms with Crippen LogP contribution < -0.4 is 5.32 Å². The van der Waals surface area contributed by atoms with Gasteiger partial charge in [-0.15, -0.1) is 0 Å². The van der Waals surface area contributed by atoms with E-state index in [1.807, 2.05) is 0 Å². The molecule has 0 bridgehead atoms. The van der Waals surface area contributed by atoms with E-state index in [-0.39, 0.29) is 18.0 Å². The number of amides is 1. The van der Waals surface area contributed by atoms with E-state index in [9.17, 15) is 9.18 Å². The number of halogens is 2. The first-order valence-corrected chi connectivity index (χ1v) is 6.02. The van der Waals surface area contributed by atoms with Gasteiger partial charge in [0.2, 0.25) is 0 Å². The third kappa shape index (κ3) is 3.38. The standard InChI is InChI=1S/C14H10ClFN2O2/c15-10-7-13(17-8-10)14(20)18-12-4-3-9(2-1-5-19)6-11(12)16/h3-4,6-8,17,19H,5H2,(H,18,20). The predicted molar refractivity (Wildman–Crippen MR) is 74.1 cm³/mol. The lowest BCUT2D eigenvalue weighted by molar-refractivity contribution is 0.102. The fourth-order valence-corrected chi connectivity index (χ4v) is 1.69. The zero-order valence-corrected chi connectivity index (χ0v) is 11.0. The summed E-state index contributed by atoms with van der Waals surface area (Å²) >= 11 is 5.69. The molecule has 0 fully saturated rings. The summed E-state index contributed by atoms with van der Waals surface area (Å²) in [6.45, 7) is -0.298. The molecular formula is C14H10ClFN2O2. The molecule has 0 unspecified atom stereocenters. The molecule has 0 aliphatic rings. The van der Waals surface area contributed by atoms with Gasteiger partial charge in [-0.25, -0.2) is 4.39 Å². The molecule has 0 aliphatic carbocycles. The zero-order valence-electron chi connectivity index (χ0n) is 10.2. The highest BCUT2D eigenvalue weighted by atomic mass is 35.5. The van der Waals surface area contributed by atoms with Crippen molar-refractivity contribution < 1.29 is 14.3 Å². The van der Waals surface area contributed by atoms with Gasteiger partial charge in [0.15, 0.2) is 0 Å². The topological polar surface area (TPSA) is 65.1 Å². The predicted octanol–water partition coefficient (Wildman–Crippen LogP) is 2.40. The van der Waals surface area contributed by atoms with Gasteiger partial charge in [0.25, 0.3) is 5.91 Å². The van der Waals surface area contributed by atoms with Crippen LogP contribution in [0.3, 0.4) is 0 Å². The summed E-state index contributed by atoms with van der Waals surface area (Å²) < 4.78 is 13.8. The number of anilines is 1. The highest BCUT2D eigenvalue weighted by Gasteiger charge is 2.11. The number of aromatic nitrogens is 1. The summed E-state index contributed by atoms with van der Waals surface area (Å²) in [4.78, 5) is 14.5. The molecule has 20 heavy (non-hydrogen) atoms. The van der Waals surface area contributed by atoms with E-state index in [1.165, 1.54) is 24.4 Å². The minimum absolute atomic E-state index is 0.0373. The van der Waals surface area contributed by atoms with Crippen molar-refractivity contribution in [2.45, 2.75) is 0 Å². The fourth-order valence-electron chi connectivity index (χ4n) is 1.52. The van der Waals surface area contributed by atoms with Gasteiger partial charge in [-0.2, -0.15) is 0 Å². The van der Waals surface area contributed by atoms with E-state index in [0.717, 1.165) is 0 Å². The van der Waals surface area contributed by atoms with Gasteiger partial charge >= 0.3 is 0 Å². The molecule has 3 N–H and O–H groups in total. The van der Waals surface area contributed by atoms with Crippen LogP contribution >= 0.6 is 11.6 Å². The van der Waals surface area contributed by atoms with Gasteiger partial charge in [-0.05, 0) is 24.3 Å². The van der Waals surface area contributed by atoms with Crippen molar-refractivity contribution in [1.82, 2.24) is 4.98 Å². The van der Waals surface area contributed by atoms with Crippen molar-refractivity contribution in [2.75, 3.05) is 11.9 Å². The van der Waals surface area contributed by atoms with Crippen molar-refractivity contribution in [3.8, 4) is 11.8 Å². The molecular weight excluding hydrogens is 283 g/mol. The smallest absolute Gasteiger partial charge is 0.272 e. The molecule has 4 nitrogen and oxygen atoms in total. The number of aliphatic hydroxyl groups excluding tert-OH is 1. The molecule has 0 saturated heterocycles. The molecule has 1 aromatic heterocycles. The van der Waals surface area contributed by atoms with Gasteiger partial charge in [0.1, 0.15) is 18.1 Å². The van der Waals surface area contributed by atoms with Gasteiger partial charge in [0.05, 0.1) is 10.7 Å². The summed E-state index contributed by atoms with van der Waals surface area (Å²) in [6.07, 6.45) is 1.46. The Hall–Kier alpha value is -2.29. The Bertz CT molecular complexity index is 701. The van der Waals surface area contributed by atoms with Crippen LogP contribution in [0.15, 0.2) is 30.5 Å². The minimum Gasteiger partial charge on any atom is -0.384 e. The van der Waals surface area contributed by atoms with Crippen molar-refractivity contribution in [1.29, 1.82) is 0 Å². The number of aliphatic hydroxyl groups is 1. The lowest BCUT2D eigenvalue weighted by Crippen LogP contribution is -2.13. The summed E-state index contributed by atoms with van der Waals surface area (Å²) in [7, 11) is 0. The van der Waals surface area contributed by atoms with E-state index >= 15 is 0 Å². The lowest BCUT2D eigenvalue weighted by Gasteiger charge is -2.05. The molecule has 102 valence electrons. The quantitative estimate of drug-likeness (QED) is 0.744. The van der Waals surface area contributed by atoms with Crippen molar-refractivity contribution in [2.24, 2.45) is 0 Å². The summed E-state index contributed by atoms with van der Waals surface area (Å²) in [5, 5.41) is 11.4. The van der Waals surface area contributed by atoms with Gasteiger partial charge in [0, 0.05) is 11.8 Å². The molecule has 1 amide bonds. The molecule has 2 rings (SSSR count). The second-order valence-corrected chi connectivity index (χ2v) is 4.28. The number of hydrogen-bond donors (Lipinski definition) is 3. The fraction of sp³-hybridized carbons (Fsp3) is 0.0714. The Morgan fingerprint density at radius 3 is 2.85 bits per heavy atom. The second-order valence-electron chi connectivity index (χ2n) is 3.84. The largest absolute Gasteiger partial charge is 0.384 e. The van der Waals surface area contributed by atoms with E-state index in [1.54, 1.807) is 6.07 Å². The maximum Gasteiger partial charge on any atom is 0.272 e. The number of H-pyrrole nitrogens is 1. The second kappa shape index (κ2) is 6.24. The highest BCUT2D eigenvalue weighted by Crippen LogP contribution is 2.17. The van der Waals surface area contributed by atoms with Crippen molar-refractivity contribution in [3.63, 3.8) is 0 Å². The highest BCUT2D eigenvalue weighted by molar-refractivity contribution is 6.31. The van der Waals surface area contributed by atoms with Crippen LogP contribution in [0.25, 0.3) is 0 Å². The zero-order chi connectivity index (χ0) is 14.5. The van der Waals surface area contributed by atoms with Crippen LogP contribution in [0, 0.1) is 17.7 Å². The molecule has 0 radical (unpaired) electrons. The number of aromatic amines is 1. The van der Waals surface area contributed by atoms with E-state index < -0.39 is 11.7 Å².